The number of furan rings is 1. The molecular formula is C21H25NO4. The number of carbonyl (C=O) groups is 2. The van der Waals surface area contributed by atoms with Gasteiger partial charge in [0.25, 0.3) is 5.91 Å². The summed E-state index contributed by atoms with van der Waals surface area (Å²) in [5.74, 6) is -0.256. The van der Waals surface area contributed by atoms with Crippen LogP contribution < -0.4 is 0 Å². The van der Waals surface area contributed by atoms with Crippen molar-refractivity contribution in [2.45, 2.75) is 33.4 Å². The standard InChI is InChI=1S/C21H25NO4/c1-4-25-20(23)13-12-18(16(2)3)22(15-17-9-6-5-7-10-17)21(24)19-11-8-14-26-19/h5-14,16,18H,4,15H2,1-3H3/b13-12+. The van der Waals surface area contributed by atoms with Gasteiger partial charge in [0.1, 0.15) is 0 Å². The molecule has 0 bridgehead atoms. The van der Waals surface area contributed by atoms with Crippen molar-refractivity contribution >= 4 is 11.9 Å². The largest absolute Gasteiger partial charge is 0.463 e. The van der Waals surface area contributed by atoms with Gasteiger partial charge in [-0.05, 0) is 30.5 Å². The maximum absolute atomic E-state index is 13.0. The average Bonchev–Trinajstić information content (AvgIpc) is 3.16. The van der Waals surface area contributed by atoms with Crippen molar-refractivity contribution in [2.75, 3.05) is 6.61 Å². The van der Waals surface area contributed by atoms with Gasteiger partial charge in [0.2, 0.25) is 0 Å². The fraction of sp³-hybridized carbons (Fsp3) is 0.333. The second-order valence-electron chi connectivity index (χ2n) is 6.24. The summed E-state index contributed by atoms with van der Waals surface area (Å²) in [7, 11) is 0. The highest BCUT2D eigenvalue weighted by Gasteiger charge is 2.27. The van der Waals surface area contributed by atoms with Crippen LogP contribution in [0.3, 0.4) is 0 Å². The first-order valence-electron chi connectivity index (χ1n) is 8.76. The van der Waals surface area contributed by atoms with Gasteiger partial charge in [0.05, 0.1) is 18.9 Å². The monoisotopic (exact) mass is 355 g/mol. The summed E-state index contributed by atoms with van der Waals surface area (Å²) in [6.45, 7) is 6.50. The molecule has 0 fully saturated rings. The number of esters is 1. The van der Waals surface area contributed by atoms with E-state index in [1.165, 1.54) is 12.3 Å². The Hall–Kier alpha value is -2.82. The molecule has 0 saturated heterocycles. The van der Waals surface area contributed by atoms with Crippen molar-refractivity contribution in [3.05, 3.63) is 72.2 Å². The average molecular weight is 355 g/mol. The van der Waals surface area contributed by atoms with E-state index in [4.69, 9.17) is 9.15 Å². The minimum atomic E-state index is -0.414. The van der Waals surface area contributed by atoms with E-state index in [2.05, 4.69) is 0 Å². The first kappa shape index (κ1) is 19.5. The van der Waals surface area contributed by atoms with Crippen LogP contribution in [-0.2, 0) is 16.1 Å². The molecule has 1 aromatic carbocycles. The van der Waals surface area contributed by atoms with E-state index in [0.717, 1.165) is 5.56 Å². The minimum Gasteiger partial charge on any atom is -0.463 e. The van der Waals surface area contributed by atoms with E-state index in [1.54, 1.807) is 30.0 Å². The van der Waals surface area contributed by atoms with Crippen molar-refractivity contribution in [3.63, 3.8) is 0 Å². The fourth-order valence-corrected chi connectivity index (χ4v) is 2.69. The van der Waals surface area contributed by atoms with Gasteiger partial charge in [-0.25, -0.2) is 4.79 Å². The number of rotatable bonds is 8. The van der Waals surface area contributed by atoms with Gasteiger partial charge in [-0.15, -0.1) is 0 Å². The van der Waals surface area contributed by atoms with Crippen LogP contribution in [0.5, 0.6) is 0 Å². The summed E-state index contributed by atoms with van der Waals surface area (Å²) in [4.78, 5) is 26.4. The SMILES string of the molecule is CCOC(=O)/C=C/C(C(C)C)N(Cc1ccccc1)C(=O)c1ccco1. The Labute approximate surface area is 154 Å². The van der Waals surface area contributed by atoms with Crippen LogP contribution >= 0.6 is 0 Å². The molecule has 1 unspecified atom stereocenters. The molecule has 0 saturated carbocycles. The molecule has 1 atom stereocenters. The van der Waals surface area contributed by atoms with Crippen molar-refractivity contribution in [1.29, 1.82) is 0 Å². The maximum Gasteiger partial charge on any atom is 0.330 e. The third kappa shape index (κ3) is 5.34. The molecular weight excluding hydrogens is 330 g/mol. The fourth-order valence-electron chi connectivity index (χ4n) is 2.69. The van der Waals surface area contributed by atoms with Crippen molar-refractivity contribution in [1.82, 2.24) is 4.90 Å². The van der Waals surface area contributed by atoms with Crippen LogP contribution in [0, 0.1) is 5.92 Å². The Morgan fingerprint density at radius 1 is 1.15 bits per heavy atom. The van der Waals surface area contributed by atoms with Gasteiger partial charge >= 0.3 is 5.97 Å². The quantitative estimate of drug-likeness (QED) is 0.529. The first-order chi connectivity index (χ1) is 12.5. The smallest absolute Gasteiger partial charge is 0.330 e. The van der Waals surface area contributed by atoms with Crippen LogP contribution in [0.15, 0.2) is 65.3 Å². The molecule has 2 rings (SSSR count). The van der Waals surface area contributed by atoms with E-state index >= 15 is 0 Å². The molecule has 5 nitrogen and oxygen atoms in total. The van der Waals surface area contributed by atoms with Gasteiger partial charge in [-0.1, -0.05) is 50.3 Å². The minimum absolute atomic E-state index is 0.100. The zero-order valence-electron chi connectivity index (χ0n) is 15.4. The molecule has 0 aliphatic carbocycles. The number of amides is 1. The molecule has 1 aromatic heterocycles. The number of nitrogens with zero attached hydrogens (tertiary/aromatic N) is 1. The number of benzene rings is 1. The summed E-state index contributed by atoms with van der Waals surface area (Å²) < 4.78 is 10.3. The van der Waals surface area contributed by atoms with Gasteiger partial charge in [0, 0.05) is 12.6 Å². The third-order valence-corrected chi connectivity index (χ3v) is 3.95. The van der Waals surface area contributed by atoms with Gasteiger partial charge in [-0.2, -0.15) is 0 Å². The van der Waals surface area contributed by atoms with Crippen molar-refractivity contribution in [3.8, 4) is 0 Å². The number of carbonyl (C=O) groups excluding carboxylic acids is 2. The lowest BCUT2D eigenvalue weighted by Gasteiger charge is -2.32. The molecule has 5 heteroatoms. The van der Waals surface area contributed by atoms with Crippen LogP contribution in [0.2, 0.25) is 0 Å². The molecule has 26 heavy (non-hydrogen) atoms. The maximum atomic E-state index is 13.0. The molecule has 0 aliphatic rings. The molecule has 2 aromatic rings. The molecule has 0 radical (unpaired) electrons. The molecule has 1 heterocycles. The highest BCUT2D eigenvalue weighted by Crippen LogP contribution is 2.20. The number of hydrogen-bond donors (Lipinski definition) is 0. The van der Waals surface area contributed by atoms with Crippen LogP contribution in [-0.4, -0.2) is 29.4 Å². The second-order valence-corrected chi connectivity index (χ2v) is 6.24. The summed E-state index contributed by atoms with van der Waals surface area (Å²) >= 11 is 0. The van der Waals surface area contributed by atoms with Crippen LogP contribution in [0.1, 0.15) is 36.9 Å². The normalized spacial score (nSPS) is 12.3. The van der Waals surface area contributed by atoms with Gasteiger partial charge in [0.15, 0.2) is 5.76 Å². The topological polar surface area (TPSA) is 59.8 Å². The second kappa shape index (κ2) is 9.61. The van der Waals surface area contributed by atoms with E-state index in [0.29, 0.717) is 13.2 Å². The summed E-state index contributed by atoms with van der Waals surface area (Å²) in [6, 6.07) is 12.8. The van der Waals surface area contributed by atoms with Gasteiger partial charge in [-0.3, -0.25) is 4.79 Å². The lowest BCUT2D eigenvalue weighted by atomic mass is 10.0. The highest BCUT2D eigenvalue weighted by molar-refractivity contribution is 5.92. The summed E-state index contributed by atoms with van der Waals surface area (Å²) in [6.07, 6.45) is 4.60. The third-order valence-electron chi connectivity index (χ3n) is 3.95. The Kier molecular flexibility index (Phi) is 7.21. The Bertz CT molecular complexity index is 720. The Balaban J connectivity index is 2.32. The van der Waals surface area contributed by atoms with E-state index in [1.807, 2.05) is 44.2 Å². The molecule has 1 amide bonds. The highest BCUT2D eigenvalue weighted by atomic mass is 16.5. The predicted molar refractivity (Wildman–Crippen MR) is 99.4 cm³/mol. The summed E-state index contributed by atoms with van der Waals surface area (Å²) in [5, 5.41) is 0. The lowest BCUT2D eigenvalue weighted by molar-refractivity contribution is -0.137. The first-order valence-corrected chi connectivity index (χ1v) is 8.76. The molecule has 0 N–H and O–H groups in total. The Morgan fingerprint density at radius 3 is 2.46 bits per heavy atom. The van der Waals surface area contributed by atoms with E-state index < -0.39 is 5.97 Å². The number of hydrogen-bond acceptors (Lipinski definition) is 4. The van der Waals surface area contributed by atoms with Crippen LogP contribution in [0.4, 0.5) is 0 Å². The molecule has 0 spiro atoms. The van der Waals surface area contributed by atoms with E-state index in [9.17, 15) is 9.59 Å². The Morgan fingerprint density at radius 2 is 1.88 bits per heavy atom. The zero-order chi connectivity index (χ0) is 18.9. The van der Waals surface area contributed by atoms with Crippen molar-refractivity contribution in [2.24, 2.45) is 5.92 Å². The molecule has 0 aliphatic heterocycles. The predicted octanol–water partition coefficient (Wildman–Crippen LogP) is 4.07. The van der Waals surface area contributed by atoms with Crippen molar-refractivity contribution < 1.29 is 18.7 Å². The summed E-state index contributed by atoms with van der Waals surface area (Å²) in [5.41, 5.74) is 1.00. The zero-order valence-corrected chi connectivity index (χ0v) is 15.4. The number of ether oxygens (including phenoxy) is 1. The molecule has 138 valence electrons. The van der Waals surface area contributed by atoms with Crippen LogP contribution in [0.25, 0.3) is 0 Å². The van der Waals surface area contributed by atoms with Gasteiger partial charge < -0.3 is 14.1 Å². The van der Waals surface area contributed by atoms with E-state index in [-0.39, 0.29) is 23.6 Å². The lowest BCUT2D eigenvalue weighted by Crippen LogP contribution is -2.41.